The van der Waals surface area contributed by atoms with E-state index in [1.54, 1.807) is 39.0 Å². The normalized spacial score (nSPS) is 15.5. The van der Waals surface area contributed by atoms with Crippen molar-refractivity contribution in [1.82, 2.24) is 5.06 Å². The van der Waals surface area contributed by atoms with E-state index in [2.05, 4.69) is 0 Å². The van der Waals surface area contributed by atoms with Gasteiger partial charge in [-0.15, -0.1) is 5.06 Å². The van der Waals surface area contributed by atoms with Crippen molar-refractivity contribution in [3.8, 4) is 0 Å². The minimum Gasteiger partial charge on any atom is -0.457 e. The number of nitrogens with zero attached hydrogens (tertiary/aromatic N) is 1. The monoisotopic (exact) mass is 463 g/mol. The Morgan fingerprint density at radius 2 is 1.52 bits per heavy atom. The molecule has 1 aliphatic rings. The van der Waals surface area contributed by atoms with Gasteiger partial charge in [-0.3, -0.25) is 14.4 Å². The van der Waals surface area contributed by atoms with E-state index >= 15 is 0 Å². The number of imide groups is 1. The topological polar surface area (TPSA) is 143 Å². The summed E-state index contributed by atoms with van der Waals surface area (Å²) in [6, 6.07) is 7.98. The highest BCUT2D eigenvalue weighted by atomic mass is 16.7. The molecule has 1 fully saturated rings. The van der Waals surface area contributed by atoms with Gasteiger partial charge in [-0.1, -0.05) is 30.3 Å². The molecule has 11 heteroatoms. The second-order valence-corrected chi connectivity index (χ2v) is 8.11. The van der Waals surface area contributed by atoms with Gasteiger partial charge >= 0.3 is 23.9 Å². The van der Waals surface area contributed by atoms with Gasteiger partial charge in [0.05, 0.1) is 6.42 Å². The number of carbonyl (C=O) groups excluding carboxylic acids is 6. The third kappa shape index (κ3) is 7.70. The van der Waals surface area contributed by atoms with Gasteiger partial charge in [-0.05, 0) is 20.8 Å². The van der Waals surface area contributed by atoms with Gasteiger partial charge in [0.2, 0.25) is 12.2 Å². The molecule has 0 aliphatic carbocycles. The fourth-order valence-electron chi connectivity index (χ4n) is 2.75. The van der Waals surface area contributed by atoms with E-state index in [1.165, 1.54) is 12.1 Å². The lowest BCUT2D eigenvalue weighted by Crippen LogP contribution is -2.38. The summed E-state index contributed by atoms with van der Waals surface area (Å²) in [6.45, 7) is 5.90. The average Bonchev–Trinajstić information content (AvgIpc) is 3.02. The van der Waals surface area contributed by atoms with Crippen LogP contribution in [-0.2, 0) is 47.8 Å². The van der Waals surface area contributed by atoms with Crippen LogP contribution in [0.1, 0.15) is 58.6 Å². The third-order valence-electron chi connectivity index (χ3n) is 4.08. The first-order valence-corrected chi connectivity index (χ1v) is 10.1. The lowest BCUT2D eigenvalue weighted by molar-refractivity contribution is -0.201. The maximum absolute atomic E-state index is 12.8. The average molecular weight is 463 g/mol. The largest absolute Gasteiger partial charge is 0.457 e. The Morgan fingerprint density at radius 3 is 2.03 bits per heavy atom. The molecule has 1 aliphatic heterocycles. The highest BCUT2D eigenvalue weighted by molar-refractivity contribution is 6.01. The summed E-state index contributed by atoms with van der Waals surface area (Å²) < 4.78 is 15.5. The SMILES string of the molecule is CC(=O)OC(CC(=O)ON1C(=O)CCC1=O)C(=O)O[C@H](C(=O)OC(C)(C)C)c1ccccc1. The zero-order valence-electron chi connectivity index (χ0n) is 18.7. The Hall–Kier alpha value is -3.76. The molecule has 0 radical (unpaired) electrons. The van der Waals surface area contributed by atoms with Crippen molar-refractivity contribution in [2.24, 2.45) is 0 Å². The molecule has 11 nitrogen and oxygen atoms in total. The zero-order chi connectivity index (χ0) is 24.8. The second kappa shape index (κ2) is 10.7. The van der Waals surface area contributed by atoms with Crippen molar-refractivity contribution in [2.45, 2.75) is 64.8 Å². The number of benzene rings is 1. The molecular weight excluding hydrogens is 438 g/mol. The molecule has 1 heterocycles. The number of rotatable bonds is 8. The summed E-state index contributed by atoms with van der Waals surface area (Å²) >= 11 is 0. The molecule has 2 rings (SSSR count). The molecule has 0 aromatic heterocycles. The van der Waals surface area contributed by atoms with Gasteiger partial charge in [-0.2, -0.15) is 0 Å². The fraction of sp³-hybridized carbons (Fsp3) is 0.455. The van der Waals surface area contributed by atoms with E-state index in [0.717, 1.165) is 6.92 Å². The predicted octanol–water partition coefficient (Wildman–Crippen LogP) is 1.54. The van der Waals surface area contributed by atoms with Crippen molar-refractivity contribution in [3.63, 3.8) is 0 Å². The molecule has 1 aromatic carbocycles. The van der Waals surface area contributed by atoms with Crippen molar-refractivity contribution < 1.29 is 47.8 Å². The maximum Gasteiger partial charge on any atom is 0.352 e. The van der Waals surface area contributed by atoms with Gasteiger partial charge in [-0.25, -0.2) is 14.4 Å². The van der Waals surface area contributed by atoms with Crippen LogP contribution < -0.4 is 0 Å². The number of hydroxylamine groups is 2. The maximum atomic E-state index is 12.8. The highest BCUT2D eigenvalue weighted by Crippen LogP contribution is 2.24. The first-order valence-electron chi connectivity index (χ1n) is 10.1. The van der Waals surface area contributed by atoms with Crippen LogP contribution in [-0.4, -0.2) is 52.5 Å². The highest BCUT2D eigenvalue weighted by Gasteiger charge is 2.37. The van der Waals surface area contributed by atoms with Gasteiger partial charge in [0.1, 0.15) is 5.60 Å². The van der Waals surface area contributed by atoms with Crippen molar-refractivity contribution >= 4 is 35.7 Å². The van der Waals surface area contributed by atoms with Gasteiger partial charge in [0.25, 0.3) is 11.8 Å². The Balaban J connectivity index is 2.18. The van der Waals surface area contributed by atoms with Gasteiger partial charge in [0.15, 0.2) is 0 Å². The van der Waals surface area contributed by atoms with E-state index in [0.29, 0.717) is 5.06 Å². The third-order valence-corrected chi connectivity index (χ3v) is 4.08. The lowest BCUT2D eigenvalue weighted by Gasteiger charge is -2.25. The molecule has 1 saturated heterocycles. The molecule has 0 spiro atoms. The second-order valence-electron chi connectivity index (χ2n) is 8.11. The Bertz CT molecular complexity index is 918. The molecule has 1 aromatic rings. The van der Waals surface area contributed by atoms with Crippen LogP contribution >= 0.6 is 0 Å². The summed E-state index contributed by atoms with van der Waals surface area (Å²) in [5.74, 6) is -5.62. The zero-order valence-corrected chi connectivity index (χ0v) is 18.7. The van der Waals surface area contributed by atoms with E-state index in [-0.39, 0.29) is 18.4 Å². The number of hydrogen-bond donors (Lipinski definition) is 0. The summed E-state index contributed by atoms with van der Waals surface area (Å²) in [5, 5.41) is 0.298. The summed E-state index contributed by atoms with van der Waals surface area (Å²) in [4.78, 5) is 77.1. The number of ether oxygens (including phenoxy) is 3. The van der Waals surface area contributed by atoms with Gasteiger partial charge in [0, 0.05) is 25.3 Å². The molecule has 33 heavy (non-hydrogen) atoms. The molecule has 0 bridgehead atoms. The number of hydrogen-bond acceptors (Lipinski definition) is 10. The van der Waals surface area contributed by atoms with E-state index in [1.807, 2.05) is 0 Å². The van der Waals surface area contributed by atoms with Crippen LogP contribution in [0.4, 0.5) is 0 Å². The molecule has 2 amide bonds. The summed E-state index contributed by atoms with van der Waals surface area (Å²) in [7, 11) is 0. The predicted molar refractivity (Wildman–Crippen MR) is 108 cm³/mol. The van der Waals surface area contributed by atoms with Crippen molar-refractivity contribution in [1.29, 1.82) is 0 Å². The summed E-state index contributed by atoms with van der Waals surface area (Å²) in [5.41, 5.74) is -0.595. The molecule has 2 atom stereocenters. The minimum absolute atomic E-state index is 0.115. The molecule has 178 valence electrons. The quantitative estimate of drug-likeness (QED) is 0.316. The number of carbonyl (C=O) groups is 6. The first kappa shape index (κ1) is 25.5. The Kier molecular flexibility index (Phi) is 8.27. The Morgan fingerprint density at radius 1 is 0.939 bits per heavy atom. The van der Waals surface area contributed by atoms with E-state index in [9.17, 15) is 28.8 Å². The summed E-state index contributed by atoms with van der Waals surface area (Å²) in [6.07, 6.45) is -4.39. The Labute approximate surface area is 189 Å². The first-order chi connectivity index (χ1) is 15.4. The van der Waals surface area contributed by atoms with Crippen LogP contribution in [0, 0.1) is 0 Å². The molecular formula is C22H25NO10. The van der Waals surface area contributed by atoms with E-state index < -0.39 is 59.9 Å². The van der Waals surface area contributed by atoms with Crippen molar-refractivity contribution in [2.75, 3.05) is 0 Å². The van der Waals surface area contributed by atoms with Crippen molar-refractivity contribution in [3.05, 3.63) is 35.9 Å². The smallest absolute Gasteiger partial charge is 0.352 e. The fourth-order valence-corrected chi connectivity index (χ4v) is 2.75. The van der Waals surface area contributed by atoms with Crippen LogP contribution in [0.25, 0.3) is 0 Å². The minimum atomic E-state index is -1.79. The van der Waals surface area contributed by atoms with Crippen LogP contribution in [0.3, 0.4) is 0 Å². The van der Waals surface area contributed by atoms with Gasteiger partial charge < -0.3 is 19.0 Å². The van der Waals surface area contributed by atoms with Crippen LogP contribution in [0.5, 0.6) is 0 Å². The lowest BCUT2D eigenvalue weighted by atomic mass is 10.1. The standard InChI is InChI=1S/C22H25NO10/c1-13(24)30-15(12-18(27)33-23-16(25)10-11-17(23)26)20(28)31-19(14-8-6-5-7-9-14)21(29)32-22(2,3)4/h5-9,15,19H,10-12H2,1-4H3/t15?,19-/m0/s1. The molecule has 0 saturated carbocycles. The van der Waals surface area contributed by atoms with E-state index in [4.69, 9.17) is 19.0 Å². The number of esters is 3. The van der Waals surface area contributed by atoms with Crippen LogP contribution in [0.15, 0.2) is 30.3 Å². The molecule has 0 N–H and O–H groups in total. The van der Waals surface area contributed by atoms with Crippen LogP contribution in [0.2, 0.25) is 0 Å². The molecule has 1 unspecified atom stereocenters. The number of amides is 2.